The van der Waals surface area contributed by atoms with Crippen molar-refractivity contribution in [3.63, 3.8) is 0 Å². The zero-order chi connectivity index (χ0) is 8.48. The average Bonchev–Trinajstić information content (AvgIpc) is 2.10. The summed E-state index contributed by atoms with van der Waals surface area (Å²) in [5, 5.41) is 3.73. The quantitative estimate of drug-likeness (QED) is 0.583. The van der Waals surface area contributed by atoms with Crippen LogP contribution in [0, 0.1) is 0 Å². The van der Waals surface area contributed by atoms with Gasteiger partial charge in [0, 0.05) is 7.05 Å². The first-order chi connectivity index (χ1) is 4.97. The van der Waals surface area contributed by atoms with Gasteiger partial charge in [-0.3, -0.25) is 4.68 Å². The number of aromatic nitrogens is 2. The SMILES string of the molecule is Cn1cc(OS(C)(=O)=O)cn1. The van der Waals surface area contributed by atoms with Gasteiger partial charge in [0.2, 0.25) is 0 Å². The summed E-state index contributed by atoms with van der Waals surface area (Å²) in [5.74, 6) is 0.231. The van der Waals surface area contributed by atoms with Crippen LogP contribution in [0.4, 0.5) is 0 Å². The van der Waals surface area contributed by atoms with Crippen molar-refractivity contribution in [3.8, 4) is 5.75 Å². The highest BCUT2D eigenvalue weighted by Gasteiger charge is 2.04. The van der Waals surface area contributed by atoms with Gasteiger partial charge in [0.25, 0.3) is 0 Å². The Labute approximate surface area is 64.7 Å². The molecule has 0 aliphatic heterocycles. The van der Waals surface area contributed by atoms with Crippen molar-refractivity contribution in [3.05, 3.63) is 12.4 Å². The zero-order valence-electron chi connectivity index (χ0n) is 6.18. The molecule has 0 amide bonds. The summed E-state index contributed by atoms with van der Waals surface area (Å²) in [6.07, 6.45) is 3.79. The van der Waals surface area contributed by atoms with Crippen LogP contribution in [0.15, 0.2) is 12.4 Å². The highest BCUT2D eigenvalue weighted by atomic mass is 32.2. The van der Waals surface area contributed by atoms with Gasteiger partial charge in [0.05, 0.1) is 18.6 Å². The fraction of sp³-hybridized carbons (Fsp3) is 0.400. The smallest absolute Gasteiger partial charge is 0.306 e. The lowest BCUT2D eigenvalue weighted by Gasteiger charge is -1.95. The summed E-state index contributed by atoms with van der Waals surface area (Å²) in [6, 6.07) is 0. The van der Waals surface area contributed by atoms with Gasteiger partial charge in [-0.25, -0.2) is 0 Å². The molecule has 0 radical (unpaired) electrons. The minimum Gasteiger partial charge on any atom is -0.379 e. The van der Waals surface area contributed by atoms with Crippen LogP contribution in [0.3, 0.4) is 0 Å². The monoisotopic (exact) mass is 176 g/mol. The Morgan fingerprint density at radius 2 is 2.27 bits per heavy atom. The molecule has 5 nitrogen and oxygen atoms in total. The summed E-state index contributed by atoms with van der Waals surface area (Å²) >= 11 is 0. The number of hydrogen-bond donors (Lipinski definition) is 0. The molecule has 1 rings (SSSR count). The maximum Gasteiger partial charge on any atom is 0.306 e. The van der Waals surface area contributed by atoms with E-state index in [1.165, 1.54) is 17.1 Å². The molecule has 1 aromatic heterocycles. The molecule has 1 heterocycles. The predicted octanol–water partition coefficient (Wildman–Crippen LogP) is -0.241. The minimum atomic E-state index is -3.42. The van der Waals surface area contributed by atoms with Crippen LogP contribution in [0.1, 0.15) is 0 Å². The molecular formula is C5H8N2O3S. The zero-order valence-corrected chi connectivity index (χ0v) is 7.00. The molecule has 0 saturated carbocycles. The summed E-state index contributed by atoms with van der Waals surface area (Å²) in [5.41, 5.74) is 0. The van der Waals surface area contributed by atoms with E-state index in [0.717, 1.165) is 6.26 Å². The number of aryl methyl sites for hydroxylation is 1. The third-order valence-corrected chi connectivity index (χ3v) is 1.42. The standard InChI is InChI=1S/C5H8N2O3S/c1-7-4-5(3-6-7)10-11(2,8)9/h3-4H,1-2H3. The van der Waals surface area contributed by atoms with Crippen molar-refractivity contribution in [2.24, 2.45) is 7.05 Å². The lowest BCUT2D eigenvalue weighted by Crippen LogP contribution is -2.04. The highest BCUT2D eigenvalue weighted by molar-refractivity contribution is 7.86. The van der Waals surface area contributed by atoms with Gasteiger partial charge in [-0.1, -0.05) is 0 Å². The number of rotatable bonds is 2. The van der Waals surface area contributed by atoms with Gasteiger partial charge in [0.1, 0.15) is 0 Å². The van der Waals surface area contributed by atoms with Gasteiger partial charge in [-0.2, -0.15) is 13.5 Å². The normalized spacial score (nSPS) is 11.5. The van der Waals surface area contributed by atoms with Gasteiger partial charge in [-0.05, 0) is 0 Å². The molecular weight excluding hydrogens is 168 g/mol. The second-order valence-corrected chi connectivity index (χ2v) is 3.71. The lowest BCUT2D eigenvalue weighted by molar-refractivity contribution is 0.492. The van der Waals surface area contributed by atoms with Gasteiger partial charge in [0.15, 0.2) is 5.75 Å². The Morgan fingerprint density at radius 3 is 2.64 bits per heavy atom. The molecule has 0 aliphatic rings. The van der Waals surface area contributed by atoms with Crippen molar-refractivity contribution in [2.75, 3.05) is 6.26 Å². The van der Waals surface area contributed by atoms with E-state index < -0.39 is 10.1 Å². The van der Waals surface area contributed by atoms with Crippen LogP contribution < -0.4 is 4.18 Å². The topological polar surface area (TPSA) is 61.2 Å². The molecule has 0 fully saturated rings. The third kappa shape index (κ3) is 2.58. The summed E-state index contributed by atoms with van der Waals surface area (Å²) in [7, 11) is -1.74. The fourth-order valence-electron chi connectivity index (χ4n) is 0.617. The van der Waals surface area contributed by atoms with Crippen LogP contribution >= 0.6 is 0 Å². The van der Waals surface area contributed by atoms with Crippen molar-refractivity contribution in [1.82, 2.24) is 9.78 Å². The summed E-state index contributed by atoms with van der Waals surface area (Å²) in [4.78, 5) is 0. The van der Waals surface area contributed by atoms with Crippen LogP contribution in [0.25, 0.3) is 0 Å². The third-order valence-electron chi connectivity index (χ3n) is 0.929. The molecule has 0 atom stereocenters. The van der Waals surface area contributed by atoms with Crippen LogP contribution in [0.5, 0.6) is 5.75 Å². The number of nitrogens with zero attached hydrogens (tertiary/aromatic N) is 2. The van der Waals surface area contributed by atoms with Crippen LogP contribution in [-0.4, -0.2) is 24.5 Å². The Morgan fingerprint density at radius 1 is 1.64 bits per heavy atom. The van der Waals surface area contributed by atoms with Crippen LogP contribution in [0.2, 0.25) is 0 Å². The first kappa shape index (κ1) is 8.06. The van der Waals surface area contributed by atoms with E-state index in [0.29, 0.717) is 0 Å². The van der Waals surface area contributed by atoms with E-state index in [4.69, 9.17) is 0 Å². The van der Waals surface area contributed by atoms with E-state index in [-0.39, 0.29) is 5.75 Å². The fourth-order valence-corrected chi connectivity index (χ4v) is 1.05. The second-order valence-electron chi connectivity index (χ2n) is 2.14. The van der Waals surface area contributed by atoms with Gasteiger partial charge in [-0.15, -0.1) is 0 Å². The Hall–Kier alpha value is -1.04. The van der Waals surface area contributed by atoms with Crippen molar-refractivity contribution in [2.45, 2.75) is 0 Å². The molecule has 0 N–H and O–H groups in total. The minimum absolute atomic E-state index is 0.231. The predicted molar refractivity (Wildman–Crippen MR) is 38.7 cm³/mol. The van der Waals surface area contributed by atoms with Crippen LogP contribution in [-0.2, 0) is 17.2 Å². The van der Waals surface area contributed by atoms with E-state index in [1.54, 1.807) is 7.05 Å². The second kappa shape index (κ2) is 2.54. The van der Waals surface area contributed by atoms with Gasteiger partial charge >= 0.3 is 10.1 Å². The molecule has 0 saturated heterocycles. The first-order valence-corrected chi connectivity index (χ1v) is 4.67. The maximum atomic E-state index is 10.6. The number of hydrogen-bond acceptors (Lipinski definition) is 4. The molecule has 0 unspecified atom stereocenters. The largest absolute Gasteiger partial charge is 0.379 e. The van der Waals surface area contributed by atoms with Crippen molar-refractivity contribution < 1.29 is 12.6 Å². The Balaban J connectivity index is 2.81. The molecule has 62 valence electrons. The van der Waals surface area contributed by atoms with Crippen molar-refractivity contribution in [1.29, 1.82) is 0 Å². The highest BCUT2D eigenvalue weighted by Crippen LogP contribution is 2.08. The molecule has 0 bridgehead atoms. The van der Waals surface area contributed by atoms with Gasteiger partial charge < -0.3 is 4.18 Å². The van der Waals surface area contributed by atoms with E-state index in [2.05, 4.69) is 9.28 Å². The van der Waals surface area contributed by atoms with E-state index in [9.17, 15) is 8.42 Å². The summed E-state index contributed by atoms with van der Waals surface area (Å²) in [6.45, 7) is 0. The summed E-state index contributed by atoms with van der Waals surface area (Å²) < 4.78 is 27.1. The Kier molecular flexibility index (Phi) is 1.86. The maximum absolute atomic E-state index is 10.6. The van der Waals surface area contributed by atoms with Crippen molar-refractivity contribution >= 4 is 10.1 Å². The molecule has 6 heteroatoms. The average molecular weight is 176 g/mol. The molecule has 1 aromatic rings. The molecule has 0 spiro atoms. The molecule has 0 aliphatic carbocycles. The molecule has 11 heavy (non-hydrogen) atoms. The van der Waals surface area contributed by atoms with E-state index >= 15 is 0 Å². The lowest BCUT2D eigenvalue weighted by atomic mass is 10.7. The Bertz CT molecular complexity index is 340. The first-order valence-electron chi connectivity index (χ1n) is 2.85. The van der Waals surface area contributed by atoms with E-state index in [1.807, 2.05) is 0 Å². The molecule has 0 aromatic carbocycles.